The van der Waals surface area contributed by atoms with Crippen LogP contribution in [-0.2, 0) is 0 Å². The Morgan fingerprint density at radius 1 is 1.00 bits per heavy atom. The minimum atomic E-state index is 0.238. The maximum atomic E-state index is 6.26. The highest BCUT2D eigenvalue weighted by atomic mass is 35.5. The molecule has 1 heterocycles. The Bertz CT molecular complexity index is 740. The van der Waals surface area contributed by atoms with Gasteiger partial charge in [-0.25, -0.2) is 9.97 Å². The summed E-state index contributed by atoms with van der Waals surface area (Å²) in [5.41, 5.74) is 2.10. The Morgan fingerprint density at radius 3 is 2.60 bits per heavy atom. The van der Waals surface area contributed by atoms with Gasteiger partial charge in [-0.05, 0) is 24.6 Å². The van der Waals surface area contributed by atoms with Crippen molar-refractivity contribution in [3.8, 4) is 0 Å². The quantitative estimate of drug-likeness (QED) is 0.495. The zero-order chi connectivity index (χ0) is 13.9. The van der Waals surface area contributed by atoms with Crippen LogP contribution in [0.4, 0.5) is 0 Å². The first-order valence-corrected chi connectivity index (χ1v) is 7.62. The second kappa shape index (κ2) is 5.81. The van der Waals surface area contributed by atoms with Gasteiger partial charge in [0.15, 0.2) is 0 Å². The second-order valence-corrected chi connectivity index (χ2v) is 6.21. The van der Waals surface area contributed by atoms with Crippen LogP contribution in [0.1, 0.15) is 17.7 Å². The van der Waals surface area contributed by atoms with Crippen molar-refractivity contribution >= 4 is 34.3 Å². The maximum Gasteiger partial charge on any atom is 0.117 e. The van der Waals surface area contributed by atoms with E-state index in [2.05, 4.69) is 29.0 Å². The summed E-state index contributed by atoms with van der Waals surface area (Å²) in [7, 11) is 0. The van der Waals surface area contributed by atoms with Gasteiger partial charge in [0.25, 0.3) is 0 Å². The van der Waals surface area contributed by atoms with Crippen molar-refractivity contribution in [3.63, 3.8) is 0 Å². The van der Waals surface area contributed by atoms with E-state index in [0.717, 1.165) is 26.5 Å². The van der Waals surface area contributed by atoms with Crippen molar-refractivity contribution in [1.82, 2.24) is 9.97 Å². The molecule has 3 aromatic rings. The number of hydrogen-bond acceptors (Lipinski definition) is 3. The van der Waals surface area contributed by atoms with E-state index < -0.39 is 0 Å². The molecule has 0 aliphatic carbocycles. The molecular weight excluding hydrogens is 288 g/mol. The number of para-hydroxylation sites is 1. The third kappa shape index (κ3) is 2.65. The van der Waals surface area contributed by atoms with Crippen molar-refractivity contribution in [1.29, 1.82) is 0 Å². The maximum absolute atomic E-state index is 6.26. The van der Waals surface area contributed by atoms with E-state index in [9.17, 15) is 0 Å². The molecule has 0 saturated heterocycles. The topological polar surface area (TPSA) is 25.8 Å². The molecule has 3 rings (SSSR count). The third-order valence-electron chi connectivity index (χ3n) is 3.14. The largest absolute Gasteiger partial charge is 0.236 e. The lowest BCUT2D eigenvalue weighted by Gasteiger charge is -2.13. The van der Waals surface area contributed by atoms with E-state index in [1.165, 1.54) is 0 Å². The van der Waals surface area contributed by atoms with Gasteiger partial charge in [-0.15, -0.1) is 0 Å². The van der Waals surface area contributed by atoms with E-state index in [1.807, 2.05) is 36.4 Å². The van der Waals surface area contributed by atoms with Crippen LogP contribution in [0.5, 0.6) is 0 Å². The summed E-state index contributed by atoms with van der Waals surface area (Å²) in [6, 6.07) is 16.0. The molecule has 4 heteroatoms. The smallest absolute Gasteiger partial charge is 0.117 e. The molecule has 1 atom stereocenters. The minimum absolute atomic E-state index is 0.238. The van der Waals surface area contributed by atoms with Crippen molar-refractivity contribution in [2.45, 2.75) is 17.2 Å². The number of halogens is 1. The van der Waals surface area contributed by atoms with E-state index in [-0.39, 0.29) is 5.25 Å². The fourth-order valence-corrected chi connectivity index (χ4v) is 3.55. The summed E-state index contributed by atoms with van der Waals surface area (Å²) in [4.78, 5) is 8.70. The Morgan fingerprint density at radius 2 is 1.75 bits per heavy atom. The van der Waals surface area contributed by atoms with Gasteiger partial charge in [-0.1, -0.05) is 59.8 Å². The lowest BCUT2D eigenvalue weighted by Crippen LogP contribution is -1.92. The molecule has 0 N–H and O–H groups in total. The highest BCUT2D eigenvalue weighted by Gasteiger charge is 2.13. The van der Waals surface area contributed by atoms with Gasteiger partial charge in [0, 0.05) is 15.7 Å². The zero-order valence-electron chi connectivity index (χ0n) is 11.0. The van der Waals surface area contributed by atoms with Crippen molar-refractivity contribution in [2.75, 3.05) is 0 Å². The van der Waals surface area contributed by atoms with Crippen LogP contribution in [0, 0.1) is 0 Å². The lowest BCUT2D eigenvalue weighted by molar-refractivity contribution is 1.06. The first-order valence-electron chi connectivity index (χ1n) is 6.36. The molecule has 0 unspecified atom stereocenters. The van der Waals surface area contributed by atoms with Gasteiger partial charge >= 0.3 is 0 Å². The van der Waals surface area contributed by atoms with Gasteiger partial charge in [-0.2, -0.15) is 0 Å². The third-order valence-corrected chi connectivity index (χ3v) is 4.64. The summed E-state index contributed by atoms with van der Waals surface area (Å²) in [6.45, 7) is 2.14. The van der Waals surface area contributed by atoms with Gasteiger partial charge in [0.05, 0.1) is 5.52 Å². The van der Waals surface area contributed by atoms with Gasteiger partial charge in [0.2, 0.25) is 0 Å². The summed E-state index contributed by atoms with van der Waals surface area (Å²) < 4.78 is 0. The van der Waals surface area contributed by atoms with Crippen LogP contribution in [0.3, 0.4) is 0 Å². The van der Waals surface area contributed by atoms with Crippen LogP contribution in [0.2, 0.25) is 5.02 Å². The van der Waals surface area contributed by atoms with Crippen LogP contribution in [0.25, 0.3) is 10.9 Å². The van der Waals surface area contributed by atoms with Crippen LogP contribution < -0.4 is 0 Å². The molecule has 0 aliphatic rings. The summed E-state index contributed by atoms with van der Waals surface area (Å²) in [5.74, 6) is 0. The van der Waals surface area contributed by atoms with Crippen molar-refractivity contribution in [2.24, 2.45) is 0 Å². The number of nitrogens with zero attached hydrogens (tertiary/aromatic N) is 2. The van der Waals surface area contributed by atoms with Crippen molar-refractivity contribution < 1.29 is 0 Å². The summed E-state index contributed by atoms with van der Waals surface area (Å²) in [6.07, 6.45) is 1.62. The molecule has 1 aromatic heterocycles. The van der Waals surface area contributed by atoms with Crippen LogP contribution in [0.15, 0.2) is 59.9 Å². The first kappa shape index (κ1) is 13.4. The predicted molar refractivity (Wildman–Crippen MR) is 85.3 cm³/mol. The molecule has 0 radical (unpaired) electrons. The van der Waals surface area contributed by atoms with Gasteiger partial charge in [0.1, 0.15) is 11.4 Å². The van der Waals surface area contributed by atoms with E-state index in [1.54, 1.807) is 18.1 Å². The normalized spacial score (nSPS) is 12.5. The number of aromatic nitrogens is 2. The van der Waals surface area contributed by atoms with Gasteiger partial charge < -0.3 is 0 Å². The highest BCUT2D eigenvalue weighted by molar-refractivity contribution is 7.99. The molecule has 0 amide bonds. The summed E-state index contributed by atoms with van der Waals surface area (Å²) >= 11 is 7.96. The molecule has 0 aliphatic heterocycles. The fourth-order valence-electron chi connectivity index (χ4n) is 2.11. The lowest BCUT2D eigenvalue weighted by atomic mass is 10.2. The number of fused-ring (bicyclic) bond motifs is 1. The zero-order valence-corrected chi connectivity index (χ0v) is 12.5. The Labute approximate surface area is 127 Å². The molecule has 0 fully saturated rings. The number of benzene rings is 2. The average Bonchev–Trinajstić information content (AvgIpc) is 2.48. The number of thioether (sulfide) groups is 1. The van der Waals surface area contributed by atoms with Crippen LogP contribution in [-0.4, -0.2) is 9.97 Å². The molecule has 2 nitrogen and oxygen atoms in total. The molecule has 20 heavy (non-hydrogen) atoms. The molecule has 0 spiro atoms. The van der Waals surface area contributed by atoms with Gasteiger partial charge in [-0.3, -0.25) is 0 Å². The summed E-state index contributed by atoms with van der Waals surface area (Å²) in [5, 5.41) is 3.11. The molecular formula is C16H13ClN2S. The number of rotatable bonds is 3. The van der Waals surface area contributed by atoms with Crippen LogP contribution >= 0.6 is 23.4 Å². The van der Waals surface area contributed by atoms with E-state index >= 15 is 0 Å². The molecule has 0 bridgehead atoms. The molecule has 100 valence electrons. The number of hydrogen-bond donors (Lipinski definition) is 0. The first-order chi connectivity index (χ1) is 9.75. The van der Waals surface area contributed by atoms with Crippen molar-refractivity contribution in [3.05, 3.63) is 65.4 Å². The average molecular weight is 301 g/mol. The Hall–Kier alpha value is -1.58. The second-order valence-electron chi connectivity index (χ2n) is 4.48. The highest BCUT2D eigenvalue weighted by Crippen LogP contribution is 2.38. The SMILES string of the molecule is C[C@@H](Sc1ncnc2ccccc12)c1ccccc1Cl. The molecule has 2 aromatic carbocycles. The predicted octanol–water partition coefficient (Wildman–Crippen LogP) is 5.14. The van der Waals surface area contributed by atoms with E-state index in [0.29, 0.717) is 0 Å². The Kier molecular flexibility index (Phi) is 3.90. The standard InChI is InChI=1S/C16H13ClN2S/c1-11(12-6-2-4-8-14(12)17)20-16-13-7-3-5-9-15(13)18-10-19-16/h2-11H,1H3/t11-/m1/s1. The fraction of sp³-hybridized carbons (Fsp3) is 0.125. The molecule has 0 saturated carbocycles. The minimum Gasteiger partial charge on any atom is -0.236 e. The Balaban J connectivity index is 1.96. The monoisotopic (exact) mass is 300 g/mol. The van der Waals surface area contributed by atoms with E-state index in [4.69, 9.17) is 11.6 Å².